The Kier molecular flexibility index (Phi) is 3.48. The van der Waals surface area contributed by atoms with E-state index in [1.165, 1.54) is 0 Å². The van der Waals surface area contributed by atoms with Crippen molar-refractivity contribution in [2.45, 2.75) is 19.9 Å². The maximum Gasteiger partial charge on any atom is 0.359 e. The highest BCUT2D eigenvalue weighted by molar-refractivity contribution is 9.09. The van der Waals surface area contributed by atoms with E-state index in [0.29, 0.717) is 5.69 Å². The quantitative estimate of drug-likeness (QED) is 0.605. The number of carbonyl (C=O) groups excluding carboxylic acids is 1. The van der Waals surface area contributed by atoms with Crippen molar-refractivity contribution in [3.63, 3.8) is 0 Å². The van der Waals surface area contributed by atoms with Crippen LogP contribution in [-0.4, -0.2) is 21.3 Å². The van der Waals surface area contributed by atoms with Crippen LogP contribution in [0, 0.1) is 0 Å². The third-order valence-electron chi connectivity index (χ3n) is 1.53. The van der Waals surface area contributed by atoms with Crippen LogP contribution in [-0.2, 0) is 4.74 Å². The van der Waals surface area contributed by atoms with Crippen LogP contribution in [0.5, 0.6) is 0 Å². The zero-order valence-corrected chi connectivity index (χ0v) is 9.11. The Bertz CT molecular complexity index is 296. The van der Waals surface area contributed by atoms with Crippen LogP contribution in [0.1, 0.15) is 30.4 Å². The number of ether oxygens (including phenoxy) is 1. The summed E-state index contributed by atoms with van der Waals surface area (Å²) in [5.74, 6) is -0.406. The zero-order chi connectivity index (χ0) is 9.84. The molecule has 0 N–H and O–H groups in total. The number of hydrogen-bond acceptors (Lipinski definition) is 3. The Balaban J connectivity index is 2.73. The van der Waals surface area contributed by atoms with Crippen LogP contribution >= 0.6 is 15.9 Å². The molecule has 0 atom stereocenters. The van der Waals surface area contributed by atoms with Gasteiger partial charge in [-0.2, -0.15) is 5.10 Å². The molecule has 0 radical (unpaired) electrons. The molecule has 0 aliphatic carbocycles. The highest BCUT2D eigenvalue weighted by Gasteiger charge is 2.10. The van der Waals surface area contributed by atoms with E-state index in [2.05, 4.69) is 21.0 Å². The minimum atomic E-state index is -0.406. The van der Waals surface area contributed by atoms with E-state index in [4.69, 9.17) is 4.74 Å². The van der Waals surface area contributed by atoms with Crippen molar-refractivity contribution < 1.29 is 9.53 Å². The maximum atomic E-state index is 11.2. The van der Waals surface area contributed by atoms with E-state index in [0.717, 1.165) is 0 Å². The maximum absolute atomic E-state index is 11.2. The molecule has 0 saturated carbocycles. The first-order valence-corrected chi connectivity index (χ1v) is 5.05. The second-order valence-electron chi connectivity index (χ2n) is 2.82. The van der Waals surface area contributed by atoms with Gasteiger partial charge in [-0.05, 0) is 35.8 Å². The number of rotatable bonds is 3. The zero-order valence-electron chi connectivity index (χ0n) is 7.53. The van der Waals surface area contributed by atoms with Crippen LogP contribution in [0.25, 0.3) is 0 Å². The van der Waals surface area contributed by atoms with Crippen LogP contribution in [0.3, 0.4) is 0 Å². The van der Waals surface area contributed by atoms with Gasteiger partial charge in [-0.25, -0.2) is 4.79 Å². The molecule has 0 aliphatic rings. The van der Waals surface area contributed by atoms with Crippen molar-refractivity contribution >= 4 is 21.9 Å². The molecule has 5 heteroatoms. The molecule has 1 rings (SSSR count). The molecule has 1 aromatic heterocycles. The van der Waals surface area contributed by atoms with Gasteiger partial charge in [-0.15, -0.1) is 0 Å². The Morgan fingerprint density at radius 3 is 2.92 bits per heavy atom. The van der Waals surface area contributed by atoms with Crippen LogP contribution in [0.4, 0.5) is 0 Å². The van der Waals surface area contributed by atoms with Gasteiger partial charge in [0.05, 0.1) is 0 Å². The molecule has 0 spiro atoms. The summed E-state index contributed by atoms with van der Waals surface area (Å²) in [5.41, 5.74) is 0.536. The Labute approximate surface area is 85.0 Å². The van der Waals surface area contributed by atoms with Gasteiger partial charge in [0.1, 0.15) is 5.52 Å². The fourth-order valence-corrected chi connectivity index (χ4v) is 1.07. The summed E-state index contributed by atoms with van der Waals surface area (Å²) in [7, 11) is 0. The lowest BCUT2D eigenvalue weighted by molar-refractivity contribution is 0.0576. The summed E-state index contributed by atoms with van der Waals surface area (Å²) < 4.78 is 6.44. The number of esters is 1. The van der Waals surface area contributed by atoms with Gasteiger partial charge in [0.15, 0.2) is 5.69 Å². The Hall–Kier alpha value is -0.840. The van der Waals surface area contributed by atoms with Crippen molar-refractivity contribution in [2.75, 3.05) is 5.52 Å². The Morgan fingerprint density at radius 2 is 2.46 bits per heavy atom. The van der Waals surface area contributed by atoms with Gasteiger partial charge in [-0.3, -0.25) is 4.68 Å². The summed E-state index contributed by atoms with van der Waals surface area (Å²) in [6, 6.07) is 1.90. The minimum Gasteiger partial charge on any atom is -0.449 e. The number of aromatic nitrogens is 2. The van der Waals surface area contributed by atoms with Crippen molar-refractivity contribution in [3.8, 4) is 0 Å². The van der Waals surface area contributed by atoms with Crippen molar-refractivity contribution in [1.82, 2.24) is 9.78 Å². The fraction of sp³-hybridized carbons (Fsp3) is 0.500. The lowest BCUT2D eigenvalue weighted by Gasteiger charge is -2.03. The summed E-state index contributed by atoms with van der Waals surface area (Å²) >= 11 is 3.01. The molecule has 72 valence electrons. The molecule has 0 unspecified atom stereocenters. The number of halogens is 1. The lowest BCUT2D eigenvalue weighted by Crippen LogP contribution is -2.07. The van der Waals surface area contributed by atoms with Gasteiger partial charge in [0, 0.05) is 12.2 Å². The van der Waals surface area contributed by atoms with Crippen molar-refractivity contribution in [3.05, 3.63) is 18.0 Å². The molecule has 0 aliphatic heterocycles. The normalized spacial score (nSPS) is 10.5. The highest BCUT2D eigenvalue weighted by atomic mass is 79.9. The van der Waals surface area contributed by atoms with Gasteiger partial charge in [-0.1, -0.05) is 0 Å². The van der Waals surface area contributed by atoms with Crippen LogP contribution < -0.4 is 0 Å². The molecule has 0 saturated heterocycles. The molecule has 0 fully saturated rings. The van der Waals surface area contributed by atoms with Gasteiger partial charge < -0.3 is 4.74 Å². The van der Waals surface area contributed by atoms with Crippen LogP contribution in [0.15, 0.2) is 12.3 Å². The van der Waals surface area contributed by atoms with E-state index < -0.39 is 5.97 Å². The van der Waals surface area contributed by atoms with E-state index >= 15 is 0 Å². The highest BCUT2D eigenvalue weighted by Crippen LogP contribution is 2.05. The number of nitrogens with zero attached hydrogens (tertiary/aromatic N) is 2. The topological polar surface area (TPSA) is 44.1 Å². The molecule has 0 bridgehead atoms. The second-order valence-corrected chi connectivity index (χ2v) is 3.27. The number of hydrogen-bond donors (Lipinski definition) is 0. The molecular weight excluding hydrogens is 236 g/mol. The van der Waals surface area contributed by atoms with Gasteiger partial charge in [0.25, 0.3) is 0 Å². The van der Waals surface area contributed by atoms with E-state index in [1.807, 2.05) is 13.8 Å². The number of alkyl halides is 1. The molecule has 4 nitrogen and oxygen atoms in total. The molecule has 1 heterocycles. The second kappa shape index (κ2) is 4.41. The average molecular weight is 247 g/mol. The minimum absolute atomic E-state index is 0.195. The van der Waals surface area contributed by atoms with Crippen LogP contribution in [0.2, 0.25) is 0 Å². The monoisotopic (exact) mass is 246 g/mol. The Morgan fingerprint density at radius 1 is 1.77 bits per heavy atom. The molecule has 0 aromatic carbocycles. The largest absolute Gasteiger partial charge is 0.449 e. The SMILES string of the molecule is CC(C)n1ccc(C(=O)OCBr)n1. The molecule has 1 aromatic rings. The predicted molar refractivity (Wildman–Crippen MR) is 51.8 cm³/mol. The molecular formula is C8H11BrN2O2. The lowest BCUT2D eigenvalue weighted by atomic mass is 10.4. The first kappa shape index (κ1) is 10.2. The third kappa shape index (κ3) is 2.55. The average Bonchev–Trinajstić information content (AvgIpc) is 2.52. The van der Waals surface area contributed by atoms with E-state index in [9.17, 15) is 4.79 Å². The van der Waals surface area contributed by atoms with Gasteiger partial charge in [0.2, 0.25) is 0 Å². The summed E-state index contributed by atoms with van der Waals surface area (Å²) in [5, 5.41) is 4.05. The predicted octanol–water partition coefficient (Wildman–Crippen LogP) is 1.97. The van der Waals surface area contributed by atoms with Crippen molar-refractivity contribution in [1.29, 1.82) is 0 Å². The first-order valence-electron chi connectivity index (χ1n) is 3.93. The van der Waals surface area contributed by atoms with Gasteiger partial charge >= 0.3 is 5.97 Å². The molecule has 13 heavy (non-hydrogen) atoms. The first-order chi connectivity index (χ1) is 6.15. The molecule has 0 amide bonds. The number of carbonyl (C=O) groups is 1. The third-order valence-corrected chi connectivity index (χ3v) is 1.76. The standard InChI is InChI=1S/C8H11BrN2O2/c1-6(2)11-4-3-7(10-11)8(12)13-5-9/h3-4,6H,5H2,1-2H3. The summed E-state index contributed by atoms with van der Waals surface area (Å²) in [6.45, 7) is 3.99. The van der Waals surface area contributed by atoms with E-state index in [1.54, 1.807) is 16.9 Å². The fourth-order valence-electron chi connectivity index (χ4n) is 0.858. The van der Waals surface area contributed by atoms with Crippen molar-refractivity contribution in [2.24, 2.45) is 0 Å². The smallest absolute Gasteiger partial charge is 0.359 e. The van der Waals surface area contributed by atoms with E-state index in [-0.39, 0.29) is 11.6 Å². The summed E-state index contributed by atoms with van der Waals surface area (Å²) in [4.78, 5) is 11.2. The summed E-state index contributed by atoms with van der Waals surface area (Å²) in [6.07, 6.45) is 1.76.